The maximum atomic E-state index is 13.1. The lowest BCUT2D eigenvalue weighted by atomic mass is 9.87. The first-order valence-electron chi connectivity index (χ1n) is 10.2. The van der Waals surface area contributed by atoms with E-state index in [1.54, 1.807) is 14.2 Å². The van der Waals surface area contributed by atoms with Crippen molar-refractivity contribution in [1.82, 2.24) is 4.90 Å². The van der Waals surface area contributed by atoms with Crippen molar-refractivity contribution in [2.24, 2.45) is 0 Å². The van der Waals surface area contributed by atoms with Crippen LogP contribution in [0.5, 0.6) is 11.5 Å². The van der Waals surface area contributed by atoms with Crippen LogP contribution in [-0.2, 0) is 11.2 Å². The van der Waals surface area contributed by atoms with Gasteiger partial charge in [-0.1, -0.05) is 37.3 Å². The van der Waals surface area contributed by atoms with Gasteiger partial charge in [-0.2, -0.15) is 0 Å². The number of methoxy groups -OCH3 is 2. The lowest BCUT2D eigenvalue weighted by Crippen LogP contribution is -2.39. The molecule has 2 aromatic carbocycles. The van der Waals surface area contributed by atoms with Crippen molar-refractivity contribution >= 4 is 5.91 Å². The third kappa shape index (κ3) is 4.67. The molecule has 2 atom stereocenters. The van der Waals surface area contributed by atoms with Gasteiger partial charge < -0.3 is 14.4 Å². The summed E-state index contributed by atoms with van der Waals surface area (Å²) in [6, 6.07) is 16.7. The van der Waals surface area contributed by atoms with Crippen LogP contribution in [0.15, 0.2) is 48.5 Å². The maximum absolute atomic E-state index is 13.1. The zero-order valence-corrected chi connectivity index (χ0v) is 17.2. The van der Waals surface area contributed by atoms with Gasteiger partial charge in [0.05, 0.1) is 14.2 Å². The van der Waals surface area contributed by atoms with E-state index < -0.39 is 0 Å². The molecule has 150 valence electrons. The second-order valence-corrected chi connectivity index (χ2v) is 7.44. The summed E-state index contributed by atoms with van der Waals surface area (Å²) < 4.78 is 10.7. The molecule has 1 amide bonds. The number of aryl methyl sites for hydroxylation is 1. The summed E-state index contributed by atoms with van der Waals surface area (Å²) in [5.74, 6) is 2.18. The van der Waals surface area contributed by atoms with Crippen LogP contribution in [0.4, 0.5) is 0 Å². The highest BCUT2D eigenvalue weighted by molar-refractivity contribution is 5.77. The monoisotopic (exact) mass is 381 g/mol. The number of benzene rings is 2. The molecule has 0 bridgehead atoms. The van der Waals surface area contributed by atoms with Crippen LogP contribution in [0.25, 0.3) is 0 Å². The summed E-state index contributed by atoms with van der Waals surface area (Å²) in [5.41, 5.74) is 2.41. The summed E-state index contributed by atoms with van der Waals surface area (Å²) in [6.07, 6.45) is 4.43. The summed E-state index contributed by atoms with van der Waals surface area (Å²) >= 11 is 0. The predicted octanol–water partition coefficient (Wildman–Crippen LogP) is 4.82. The summed E-state index contributed by atoms with van der Waals surface area (Å²) in [4.78, 5) is 15.2. The average Bonchev–Trinajstić information content (AvgIpc) is 3.22. The minimum Gasteiger partial charge on any atom is -0.497 e. The molecule has 1 aliphatic rings. The Morgan fingerprint density at radius 1 is 1.11 bits per heavy atom. The summed E-state index contributed by atoms with van der Waals surface area (Å²) in [7, 11) is 3.29. The summed E-state index contributed by atoms with van der Waals surface area (Å²) in [6.45, 7) is 3.09. The fourth-order valence-electron chi connectivity index (χ4n) is 4.36. The molecule has 3 rings (SSSR count). The number of hydrogen-bond acceptors (Lipinski definition) is 3. The number of nitrogens with zero attached hydrogens (tertiary/aromatic N) is 1. The second kappa shape index (κ2) is 9.63. The largest absolute Gasteiger partial charge is 0.497 e. The van der Waals surface area contributed by atoms with E-state index in [0.29, 0.717) is 24.8 Å². The second-order valence-electron chi connectivity index (χ2n) is 7.44. The maximum Gasteiger partial charge on any atom is 0.223 e. The fraction of sp³-hybridized carbons (Fsp3) is 0.458. The van der Waals surface area contributed by atoms with Crippen molar-refractivity contribution < 1.29 is 14.3 Å². The topological polar surface area (TPSA) is 38.8 Å². The van der Waals surface area contributed by atoms with Gasteiger partial charge in [-0.05, 0) is 48.9 Å². The molecule has 4 nitrogen and oxygen atoms in total. The van der Waals surface area contributed by atoms with Crippen LogP contribution < -0.4 is 9.47 Å². The van der Waals surface area contributed by atoms with Crippen LogP contribution >= 0.6 is 0 Å². The number of carbonyl (C=O) groups is 1. The highest BCUT2D eigenvalue weighted by Crippen LogP contribution is 2.34. The average molecular weight is 382 g/mol. The number of ether oxygens (including phenoxy) is 2. The molecule has 0 aliphatic carbocycles. The zero-order valence-electron chi connectivity index (χ0n) is 17.2. The molecule has 2 aromatic rings. The van der Waals surface area contributed by atoms with Crippen molar-refractivity contribution in [3.8, 4) is 11.5 Å². The standard InChI is InChI=1S/C24H31NO3/c1-4-22(19-9-6-5-7-10-19)23-11-8-14-25(23)24(26)13-12-18-15-20(27-2)17-21(16-18)28-3/h5-7,9-10,15-17,22-23H,4,8,11-14H2,1-3H3/t22-,23-/m1/s1. The number of hydrogen-bond donors (Lipinski definition) is 0. The van der Waals surface area contributed by atoms with Crippen LogP contribution in [0.1, 0.15) is 49.7 Å². The highest BCUT2D eigenvalue weighted by Gasteiger charge is 2.34. The van der Waals surface area contributed by atoms with Gasteiger partial charge in [0.15, 0.2) is 0 Å². The molecule has 0 spiro atoms. The molecule has 28 heavy (non-hydrogen) atoms. The van der Waals surface area contributed by atoms with Gasteiger partial charge in [-0.3, -0.25) is 4.79 Å². The van der Waals surface area contributed by atoms with E-state index in [2.05, 4.69) is 42.2 Å². The van der Waals surface area contributed by atoms with Crippen molar-refractivity contribution in [2.75, 3.05) is 20.8 Å². The Bertz CT molecular complexity index is 752. The van der Waals surface area contributed by atoms with Crippen molar-refractivity contribution in [3.05, 3.63) is 59.7 Å². The first kappa shape index (κ1) is 20.2. The molecular formula is C24H31NO3. The molecule has 4 heteroatoms. The molecule has 1 saturated heterocycles. The SMILES string of the molecule is CC[C@H](c1ccccc1)[C@H]1CCCN1C(=O)CCc1cc(OC)cc(OC)c1. The molecule has 0 saturated carbocycles. The van der Waals surface area contributed by atoms with Gasteiger partial charge in [-0.15, -0.1) is 0 Å². The summed E-state index contributed by atoms with van der Waals surface area (Å²) in [5, 5.41) is 0. The molecule has 0 unspecified atom stereocenters. The Hall–Kier alpha value is -2.49. The van der Waals surface area contributed by atoms with Crippen molar-refractivity contribution in [2.45, 2.75) is 51.0 Å². The quantitative estimate of drug-likeness (QED) is 0.658. The normalized spacial score (nSPS) is 17.4. The minimum absolute atomic E-state index is 0.249. The van der Waals surface area contributed by atoms with E-state index in [-0.39, 0.29) is 5.91 Å². The van der Waals surface area contributed by atoms with E-state index in [4.69, 9.17) is 9.47 Å². The van der Waals surface area contributed by atoms with Crippen molar-refractivity contribution in [1.29, 1.82) is 0 Å². The van der Waals surface area contributed by atoms with Crippen LogP contribution in [0.2, 0.25) is 0 Å². The third-order valence-electron chi connectivity index (χ3n) is 5.79. The molecule has 1 aliphatic heterocycles. The van der Waals surface area contributed by atoms with Crippen LogP contribution in [0.3, 0.4) is 0 Å². The van der Waals surface area contributed by atoms with E-state index in [9.17, 15) is 4.79 Å². The van der Waals surface area contributed by atoms with Gasteiger partial charge in [0.25, 0.3) is 0 Å². The Morgan fingerprint density at radius 2 is 1.79 bits per heavy atom. The molecule has 0 aromatic heterocycles. The van der Waals surface area contributed by atoms with Gasteiger partial charge in [-0.25, -0.2) is 0 Å². The first-order chi connectivity index (χ1) is 13.7. The minimum atomic E-state index is 0.249. The Labute approximate surface area is 168 Å². The predicted molar refractivity (Wildman–Crippen MR) is 112 cm³/mol. The lowest BCUT2D eigenvalue weighted by molar-refractivity contribution is -0.132. The van der Waals surface area contributed by atoms with Crippen LogP contribution in [0, 0.1) is 0 Å². The molecule has 1 heterocycles. The Balaban J connectivity index is 1.68. The van der Waals surface area contributed by atoms with Gasteiger partial charge in [0.2, 0.25) is 5.91 Å². The smallest absolute Gasteiger partial charge is 0.223 e. The number of rotatable bonds is 8. The fourth-order valence-corrected chi connectivity index (χ4v) is 4.36. The van der Waals surface area contributed by atoms with E-state index in [1.807, 2.05) is 18.2 Å². The highest BCUT2D eigenvalue weighted by atomic mass is 16.5. The van der Waals surface area contributed by atoms with E-state index in [0.717, 1.165) is 42.9 Å². The number of carbonyl (C=O) groups excluding carboxylic acids is 1. The molecule has 0 N–H and O–H groups in total. The van der Waals surface area contributed by atoms with E-state index in [1.165, 1.54) is 5.56 Å². The van der Waals surface area contributed by atoms with Crippen molar-refractivity contribution in [3.63, 3.8) is 0 Å². The molecular weight excluding hydrogens is 350 g/mol. The van der Waals surface area contributed by atoms with E-state index >= 15 is 0 Å². The zero-order chi connectivity index (χ0) is 19.9. The number of likely N-dealkylation sites (tertiary alicyclic amines) is 1. The Kier molecular flexibility index (Phi) is 6.96. The lowest BCUT2D eigenvalue weighted by Gasteiger charge is -2.32. The van der Waals surface area contributed by atoms with Gasteiger partial charge in [0, 0.05) is 31.0 Å². The number of amides is 1. The van der Waals surface area contributed by atoms with Gasteiger partial charge >= 0.3 is 0 Å². The molecule has 0 radical (unpaired) electrons. The van der Waals surface area contributed by atoms with Gasteiger partial charge in [0.1, 0.15) is 11.5 Å². The molecule has 1 fully saturated rings. The first-order valence-corrected chi connectivity index (χ1v) is 10.2. The third-order valence-corrected chi connectivity index (χ3v) is 5.79. The van der Waals surface area contributed by atoms with Crippen LogP contribution in [-0.4, -0.2) is 37.6 Å². The Morgan fingerprint density at radius 3 is 2.39 bits per heavy atom.